The van der Waals surface area contributed by atoms with E-state index in [-0.39, 0.29) is 0 Å². The maximum absolute atomic E-state index is 5.65. The molecule has 0 aliphatic carbocycles. The van der Waals surface area contributed by atoms with E-state index in [9.17, 15) is 0 Å². The molecule has 15 heavy (non-hydrogen) atoms. The van der Waals surface area contributed by atoms with Crippen molar-refractivity contribution in [1.29, 1.82) is 0 Å². The molecule has 1 aromatic heterocycles. The molecule has 0 aliphatic rings. The molecule has 2 nitrogen and oxygen atoms in total. The van der Waals surface area contributed by atoms with Crippen LogP contribution >= 0.6 is 22.6 Å². The van der Waals surface area contributed by atoms with Crippen LogP contribution in [0.2, 0.25) is 0 Å². The van der Waals surface area contributed by atoms with Gasteiger partial charge in [-0.05, 0) is 47.2 Å². The number of para-hydroxylation sites is 1. The summed E-state index contributed by atoms with van der Waals surface area (Å²) in [4.78, 5) is 4.19. The number of rotatable bonds is 2. The van der Waals surface area contributed by atoms with Crippen molar-refractivity contribution in [3.05, 3.63) is 51.7 Å². The number of ether oxygens (including phenoxy) is 1. The van der Waals surface area contributed by atoms with E-state index in [0.29, 0.717) is 5.88 Å². The Bertz CT molecular complexity index is 453. The molecular formula is C12H10INO. The molecule has 0 saturated carbocycles. The molecule has 0 spiro atoms. The predicted octanol–water partition coefficient (Wildman–Crippen LogP) is 3.79. The highest BCUT2D eigenvalue weighted by atomic mass is 127. The van der Waals surface area contributed by atoms with Crippen molar-refractivity contribution in [3.63, 3.8) is 0 Å². The Morgan fingerprint density at radius 2 is 1.93 bits per heavy atom. The summed E-state index contributed by atoms with van der Waals surface area (Å²) in [6.07, 6.45) is 1.80. The van der Waals surface area contributed by atoms with Crippen LogP contribution in [0.1, 0.15) is 5.56 Å². The van der Waals surface area contributed by atoms with Gasteiger partial charge in [0.2, 0.25) is 5.88 Å². The molecule has 2 aromatic rings. The van der Waals surface area contributed by atoms with E-state index in [1.807, 2.05) is 43.3 Å². The van der Waals surface area contributed by atoms with Crippen molar-refractivity contribution in [2.75, 3.05) is 0 Å². The fraction of sp³-hybridized carbons (Fsp3) is 0.0833. The molecule has 0 atom stereocenters. The molecule has 1 aromatic carbocycles. The molecule has 0 unspecified atom stereocenters. The number of halogens is 1. The van der Waals surface area contributed by atoms with Crippen LogP contribution < -0.4 is 4.74 Å². The first kappa shape index (κ1) is 10.4. The number of nitrogens with zero attached hydrogens (tertiary/aromatic N) is 1. The lowest BCUT2D eigenvalue weighted by atomic mass is 10.3. The molecule has 0 amide bonds. The second kappa shape index (κ2) is 4.61. The maximum Gasteiger partial charge on any atom is 0.219 e. The van der Waals surface area contributed by atoms with E-state index in [4.69, 9.17) is 4.74 Å². The molecule has 0 fully saturated rings. The predicted molar refractivity (Wildman–Crippen MR) is 68.2 cm³/mol. The van der Waals surface area contributed by atoms with Gasteiger partial charge in [0.05, 0.1) is 3.57 Å². The Labute approximate surface area is 102 Å². The normalized spacial score (nSPS) is 10.0. The van der Waals surface area contributed by atoms with Crippen LogP contribution in [0.15, 0.2) is 42.6 Å². The van der Waals surface area contributed by atoms with E-state index in [0.717, 1.165) is 14.9 Å². The van der Waals surface area contributed by atoms with E-state index in [2.05, 4.69) is 27.6 Å². The van der Waals surface area contributed by atoms with Crippen LogP contribution in [0.4, 0.5) is 0 Å². The first-order valence-electron chi connectivity index (χ1n) is 4.61. The zero-order chi connectivity index (χ0) is 10.7. The Kier molecular flexibility index (Phi) is 3.20. The Morgan fingerprint density at radius 3 is 2.60 bits per heavy atom. The van der Waals surface area contributed by atoms with Crippen LogP contribution in [0.25, 0.3) is 0 Å². The maximum atomic E-state index is 5.65. The minimum absolute atomic E-state index is 0.629. The van der Waals surface area contributed by atoms with Crippen molar-refractivity contribution in [1.82, 2.24) is 4.98 Å². The van der Waals surface area contributed by atoms with Gasteiger partial charge >= 0.3 is 0 Å². The zero-order valence-electron chi connectivity index (χ0n) is 8.27. The molecule has 76 valence electrons. The average Bonchev–Trinajstić information content (AvgIpc) is 2.25. The average molecular weight is 311 g/mol. The summed E-state index contributed by atoms with van der Waals surface area (Å²) in [5, 5.41) is 0. The van der Waals surface area contributed by atoms with E-state index in [1.165, 1.54) is 0 Å². The number of aromatic nitrogens is 1. The van der Waals surface area contributed by atoms with Gasteiger partial charge in [-0.25, -0.2) is 4.98 Å². The SMILES string of the molecule is Cc1ccc(Oc2ccccc2I)nc1. The largest absolute Gasteiger partial charge is 0.438 e. The highest BCUT2D eigenvalue weighted by Crippen LogP contribution is 2.24. The Morgan fingerprint density at radius 1 is 1.13 bits per heavy atom. The van der Waals surface area contributed by atoms with E-state index < -0.39 is 0 Å². The third-order valence-corrected chi connectivity index (χ3v) is 2.83. The minimum Gasteiger partial charge on any atom is -0.438 e. The summed E-state index contributed by atoms with van der Waals surface area (Å²) in [6, 6.07) is 11.7. The highest BCUT2D eigenvalue weighted by Gasteiger charge is 2.01. The van der Waals surface area contributed by atoms with Gasteiger partial charge in [-0.1, -0.05) is 18.2 Å². The first-order chi connectivity index (χ1) is 7.25. The third-order valence-electron chi connectivity index (χ3n) is 1.94. The van der Waals surface area contributed by atoms with Crippen molar-refractivity contribution >= 4 is 22.6 Å². The van der Waals surface area contributed by atoms with Gasteiger partial charge in [-0.15, -0.1) is 0 Å². The van der Waals surface area contributed by atoms with Crippen LogP contribution in [0, 0.1) is 10.5 Å². The second-order valence-electron chi connectivity index (χ2n) is 3.21. The number of hydrogen-bond acceptors (Lipinski definition) is 2. The number of aryl methyl sites for hydroxylation is 1. The zero-order valence-corrected chi connectivity index (χ0v) is 10.4. The van der Waals surface area contributed by atoms with Crippen molar-refractivity contribution in [2.24, 2.45) is 0 Å². The quantitative estimate of drug-likeness (QED) is 0.787. The minimum atomic E-state index is 0.629. The summed E-state index contributed by atoms with van der Waals surface area (Å²) < 4.78 is 6.73. The van der Waals surface area contributed by atoms with Crippen LogP contribution in [0.3, 0.4) is 0 Å². The summed E-state index contributed by atoms with van der Waals surface area (Å²) >= 11 is 2.24. The molecule has 0 aliphatic heterocycles. The van der Waals surface area contributed by atoms with Gasteiger partial charge < -0.3 is 4.74 Å². The summed E-state index contributed by atoms with van der Waals surface area (Å²) in [7, 11) is 0. The van der Waals surface area contributed by atoms with Gasteiger partial charge in [0.15, 0.2) is 0 Å². The molecule has 0 radical (unpaired) electrons. The van der Waals surface area contributed by atoms with Crippen molar-refractivity contribution in [2.45, 2.75) is 6.92 Å². The van der Waals surface area contributed by atoms with Crippen molar-refractivity contribution < 1.29 is 4.74 Å². The summed E-state index contributed by atoms with van der Waals surface area (Å²) in [5.74, 6) is 1.47. The molecule has 0 N–H and O–H groups in total. The molecule has 1 heterocycles. The van der Waals surface area contributed by atoms with Crippen LogP contribution in [0.5, 0.6) is 11.6 Å². The van der Waals surface area contributed by atoms with Gasteiger partial charge in [0.25, 0.3) is 0 Å². The van der Waals surface area contributed by atoms with Gasteiger partial charge in [-0.2, -0.15) is 0 Å². The van der Waals surface area contributed by atoms with Gasteiger partial charge in [0.1, 0.15) is 5.75 Å². The topological polar surface area (TPSA) is 22.1 Å². The fourth-order valence-corrected chi connectivity index (χ4v) is 1.65. The van der Waals surface area contributed by atoms with Crippen LogP contribution in [-0.2, 0) is 0 Å². The number of pyridine rings is 1. The summed E-state index contributed by atoms with van der Waals surface area (Å²) in [6.45, 7) is 2.00. The summed E-state index contributed by atoms with van der Waals surface area (Å²) in [5.41, 5.74) is 1.13. The lowest BCUT2D eigenvalue weighted by molar-refractivity contribution is 0.459. The first-order valence-corrected chi connectivity index (χ1v) is 5.68. The lowest BCUT2D eigenvalue weighted by Gasteiger charge is -2.06. The lowest BCUT2D eigenvalue weighted by Crippen LogP contribution is -1.89. The molecular weight excluding hydrogens is 301 g/mol. The Balaban J connectivity index is 2.22. The highest BCUT2D eigenvalue weighted by molar-refractivity contribution is 14.1. The van der Waals surface area contributed by atoms with Crippen LogP contribution in [-0.4, -0.2) is 4.98 Å². The fourth-order valence-electron chi connectivity index (χ4n) is 1.15. The number of benzene rings is 1. The second-order valence-corrected chi connectivity index (χ2v) is 4.37. The van der Waals surface area contributed by atoms with E-state index >= 15 is 0 Å². The van der Waals surface area contributed by atoms with E-state index in [1.54, 1.807) is 6.20 Å². The third kappa shape index (κ3) is 2.68. The van der Waals surface area contributed by atoms with Gasteiger partial charge in [-0.3, -0.25) is 0 Å². The monoisotopic (exact) mass is 311 g/mol. The Hall–Kier alpha value is -1.10. The molecule has 2 rings (SSSR count). The standard InChI is InChI=1S/C12H10INO/c1-9-6-7-12(14-8-9)15-11-5-3-2-4-10(11)13/h2-8H,1H3. The molecule has 3 heteroatoms. The smallest absolute Gasteiger partial charge is 0.219 e. The van der Waals surface area contributed by atoms with Crippen molar-refractivity contribution in [3.8, 4) is 11.6 Å². The molecule has 0 bridgehead atoms. The number of hydrogen-bond donors (Lipinski definition) is 0. The molecule has 0 saturated heterocycles. The van der Waals surface area contributed by atoms with Gasteiger partial charge in [0, 0.05) is 12.3 Å².